The third kappa shape index (κ3) is 5.22. The van der Waals surface area contributed by atoms with E-state index in [0.717, 1.165) is 11.9 Å². The SMILES string of the molecule is N=C(N)NSCN=O. The van der Waals surface area contributed by atoms with Crippen molar-refractivity contribution >= 4 is 17.9 Å². The lowest BCUT2D eigenvalue weighted by Gasteiger charge is -1.94. The molecule has 6 heteroatoms. The van der Waals surface area contributed by atoms with E-state index in [0.29, 0.717) is 0 Å². The van der Waals surface area contributed by atoms with Crippen LogP contribution in [0.25, 0.3) is 0 Å². The summed E-state index contributed by atoms with van der Waals surface area (Å²) >= 11 is 0.983. The van der Waals surface area contributed by atoms with Gasteiger partial charge in [-0.3, -0.25) is 10.1 Å². The first kappa shape index (κ1) is 7.22. The standard InChI is InChI=1S/C2H6N4OS/c3-2(4)6-8-1-5-7/h1H2,(H4,3,4,6). The zero-order valence-electron chi connectivity index (χ0n) is 4.05. The minimum absolute atomic E-state index is 0.0690. The van der Waals surface area contributed by atoms with Gasteiger partial charge in [-0.25, -0.2) is 0 Å². The Morgan fingerprint density at radius 2 is 2.62 bits per heavy atom. The zero-order valence-corrected chi connectivity index (χ0v) is 4.86. The fourth-order valence-corrected chi connectivity index (χ4v) is 0.409. The summed E-state index contributed by atoms with van der Waals surface area (Å²) < 4.78 is 2.33. The molecule has 46 valence electrons. The molecule has 5 nitrogen and oxygen atoms in total. The molecule has 0 rings (SSSR count). The second-order valence-electron chi connectivity index (χ2n) is 0.918. The van der Waals surface area contributed by atoms with Crippen molar-refractivity contribution in [3.05, 3.63) is 4.91 Å². The highest BCUT2D eigenvalue weighted by molar-refractivity contribution is 7.97. The van der Waals surface area contributed by atoms with Gasteiger partial charge in [-0.05, 0) is 11.9 Å². The Balaban J connectivity index is 2.93. The van der Waals surface area contributed by atoms with Gasteiger partial charge in [0.2, 0.25) is 0 Å². The molecule has 0 atom stereocenters. The molecule has 0 aromatic rings. The summed E-state index contributed by atoms with van der Waals surface area (Å²) in [6, 6.07) is 0. The molecule has 0 heterocycles. The molecule has 8 heavy (non-hydrogen) atoms. The third-order valence-electron chi connectivity index (χ3n) is 0.299. The van der Waals surface area contributed by atoms with Gasteiger partial charge < -0.3 is 5.73 Å². The Labute approximate surface area is 50.6 Å². The van der Waals surface area contributed by atoms with Crippen LogP contribution in [0.15, 0.2) is 5.18 Å². The average molecular weight is 134 g/mol. The topological polar surface area (TPSA) is 91.3 Å². The zero-order chi connectivity index (χ0) is 6.41. The molecule has 0 unspecified atom stereocenters. The van der Waals surface area contributed by atoms with E-state index in [2.05, 4.69) is 9.90 Å². The average Bonchev–Trinajstić information content (AvgIpc) is 1.66. The van der Waals surface area contributed by atoms with E-state index in [-0.39, 0.29) is 11.8 Å². The second kappa shape index (κ2) is 4.38. The first-order valence-electron chi connectivity index (χ1n) is 1.78. The van der Waals surface area contributed by atoms with E-state index < -0.39 is 0 Å². The van der Waals surface area contributed by atoms with Crippen molar-refractivity contribution in [3.8, 4) is 0 Å². The summed E-state index contributed by atoms with van der Waals surface area (Å²) in [4.78, 5) is 9.36. The molecule has 0 spiro atoms. The lowest BCUT2D eigenvalue weighted by molar-refractivity contribution is 1.29. The van der Waals surface area contributed by atoms with Crippen LogP contribution in [0.2, 0.25) is 0 Å². The fraction of sp³-hybridized carbons (Fsp3) is 0.500. The molecule has 0 saturated heterocycles. The van der Waals surface area contributed by atoms with E-state index in [1.807, 2.05) is 0 Å². The molecular weight excluding hydrogens is 128 g/mol. The monoisotopic (exact) mass is 134 g/mol. The number of rotatable bonds is 3. The number of hydrogen-bond donors (Lipinski definition) is 3. The molecule has 0 aliphatic rings. The van der Waals surface area contributed by atoms with E-state index >= 15 is 0 Å². The number of guanidine groups is 1. The van der Waals surface area contributed by atoms with Gasteiger partial charge in [0.25, 0.3) is 0 Å². The first-order valence-corrected chi connectivity index (χ1v) is 2.77. The minimum atomic E-state index is -0.168. The van der Waals surface area contributed by atoms with Crippen LogP contribution in [0.3, 0.4) is 0 Å². The van der Waals surface area contributed by atoms with Crippen molar-refractivity contribution < 1.29 is 0 Å². The van der Waals surface area contributed by atoms with E-state index in [1.165, 1.54) is 0 Å². The molecule has 0 saturated carbocycles. The van der Waals surface area contributed by atoms with Gasteiger partial charge in [-0.15, -0.1) is 4.91 Å². The molecular formula is C2H6N4OS. The summed E-state index contributed by atoms with van der Waals surface area (Å²) in [6.07, 6.45) is 0. The predicted octanol–water partition coefficient (Wildman–Crippen LogP) is -0.158. The molecule has 0 radical (unpaired) electrons. The number of nitrogens with zero attached hydrogens (tertiary/aromatic N) is 1. The number of nitrogens with one attached hydrogen (secondary N) is 2. The highest BCUT2D eigenvalue weighted by Crippen LogP contribution is 1.89. The maximum absolute atomic E-state index is 9.36. The van der Waals surface area contributed by atoms with Crippen LogP contribution in [-0.2, 0) is 0 Å². The van der Waals surface area contributed by atoms with Gasteiger partial charge in [0.05, 0.1) is 0 Å². The Morgan fingerprint density at radius 3 is 3.00 bits per heavy atom. The highest BCUT2D eigenvalue weighted by Gasteiger charge is 1.84. The lowest BCUT2D eigenvalue weighted by atomic mass is 11.1. The smallest absolute Gasteiger partial charge is 0.195 e. The van der Waals surface area contributed by atoms with Crippen molar-refractivity contribution in [3.63, 3.8) is 0 Å². The second-order valence-corrected chi connectivity index (χ2v) is 1.67. The van der Waals surface area contributed by atoms with Crippen LogP contribution < -0.4 is 10.5 Å². The number of hydrogen-bond acceptors (Lipinski definition) is 4. The summed E-state index contributed by atoms with van der Waals surface area (Å²) in [5.74, 6) is -0.0989. The van der Waals surface area contributed by atoms with Gasteiger partial charge in [0.1, 0.15) is 5.88 Å². The molecule has 0 aromatic carbocycles. The Kier molecular flexibility index (Phi) is 3.95. The van der Waals surface area contributed by atoms with Crippen LogP contribution in [0.5, 0.6) is 0 Å². The van der Waals surface area contributed by atoms with Crippen LogP contribution in [0.4, 0.5) is 0 Å². The van der Waals surface area contributed by atoms with Gasteiger partial charge in [0, 0.05) is 0 Å². The largest absolute Gasteiger partial charge is 0.369 e. The predicted molar refractivity (Wildman–Crippen MR) is 33.3 cm³/mol. The first-order chi connectivity index (χ1) is 3.77. The molecule has 0 aromatic heterocycles. The maximum atomic E-state index is 9.36. The third-order valence-corrected chi connectivity index (χ3v) is 0.898. The lowest BCUT2D eigenvalue weighted by Crippen LogP contribution is -2.24. The summed E-state index contributed by atoms with van der Waals surface area (Å²) in [5.41, 5.74) is 4.84. The fourth-order valence-electron chi connectivity index (χ4n) is 0.136. The summed E-state index contributed by atoms with van der Waals surface area (Å²) in [5, 5.41) is 9.08. The molecule has 0 fully saturated rings. The van der Waals surface area contributed by atoms with Gasteiger partial charge in [-0.2, -0.15) is 0 Å². The van der Waals surface area contributed by atoms with Crippen molar-refractivity contribution in [1.82, 2.24) is 4.72 Å². The quantitative estimate of drug-likeness (QED) is 0.164. The van der Waals surface area contributed by atoms with Crippen molar-refractivity contribution in [1.29, 1.82) is 5.41 Å². The Hall–Kier alpha value is -0.780. The number of nitrogens with two attached hydrogens (primary N) is 1. The van der Waals surface area contributed by atoms with E-state index in [9.17, 15) is 4.91 Å². The molecule has 0 amide bonds. The van der Waals surface area contributed by atoms with Crippen LogP contribution in [0, 0.1) is 10.3 Å². The van der Waals surface area contributed by atoms with E-state index in [4.69, 9.17) is 11.1 Å². The Morgan fingerprint density at radius 1 is 2.00 bits per heavy atom. The van der Waals surface area contributed by atoms with Crippen molar-refractivity contribution in [2.24, 2.45) is 10.9 Å². The molecule has 4 N–H and O–H groups in total. The molecule has 0 aliphatic heterocycles. The number of nitroso groups, excluding NO2 is 1. The van der Waals surface area contributed by atoms with Crippen LogP contribution in [-0.4, -0.2) is 11.8 Å². The Bertz CT molecular complexity index is 94.0. The maximum Gasteiger partial charge on any atom is 0.195 e. The minimum Gasteiger partial charge on any atom is -0.369 e. The highest BCUT2D eigenvalue weighted by atomic mass is 32.2. The van der Waals surface area contributed by atoms with Crippen LogP contribution >= 0.6 is 11.9 Å². The van der Waals surface area contributed by atoms with Crippen molar-refractivity contribution in [2.75, 3.05) is 5.88 Å². The summed E-state index contributed by atoms with van der Waals surface area (Å²) in [6.45, 7) is 0. The normalized spacial score (nSPS) is 8.00. The van der Waals surface area contributed by atoms with Crippen LogP contribution in [0.1, 0.15) is 0 Å². The summed E-state index contributed by atoms with van der Waals surface area (Å²) in [7, 11) is 0. The molecule has 0 bridgehead atoms. The van der Waals surface area contributed by atoms with Gasteiger partial charge in [-0.1, -0.05) is 5.18 Å². The van der Waals surface area contributed by atoms with Gasteiger partial charge >= 0.3 is 0 Å². The van der Waals surface area contributed by atoms with Gasteiger partial charge in [0.15, 0.2) is 5.96 Å². The van der Waals surface area contributed by atoms with E-state index in [1.54, 1.807) is 0 Å². The molecule has 0 aliphatic carbocycles. The van der Waals surface area contributed by atoms with Crippen molar-refractivity contribution in [2.45, 2.75) is 0 Å².